The predicted molar refractivity (Wildman–Crippen MR) is 58.9 cm³/mol. The van der Waals surface area contributed by atoms with Crippen molar-refractivity contribution in [1.29, 1.82) is 5.26 Å². The number of fused-ring (bicyclic) bond motifs is 2. The molecule has 0 amide bonds. The lowest BCUT2D eigenvalue weighted by molar-refractivity contribution is -0.158. The van der Waals surface area contributed by atoms with Gasteiger partial charge in [-0.05, 0) is 31.1 Å². The molecule has 0 radical (unpaired) electrons. The van der Waals surface area contributed by atoms with Gasteiger partial charge >= 0.3 is 12.1 Å². The molecule has 2 saturated carbocycles. The van der Waals surface area contributed by atoms with Crippen molar-refractivity contribution in [2.75, 3.05) is 6.54 Å². The summed E-state index contributed by atoms with van der Waals surface area (Å²) in [5.74, 6) is -3.47. The first kappa shape index (κ1) is 14.1. The first-order valence-corrected chi connectivity index (χ1v) is 6.27. The third kappa shape index (κ3) is 2.68. The Kier molecular flexibility index (Phi) is 3.72. The Morgan fingerprint density at radius 1 is 1.42 bits per heavy atom. The van der Waals surface area contributed by atoms with Gasteiger partial charge in [0.25, 0.3) is 0 Å². The molecule has 19 heavy (non-hydrogen) atoms. The van der Waals surface area contributed by atoms with Crippen LogP contribution in [0.1, 0.15) is 19.3 Å². The van der Waals surface area contributed by atoms with Crippen LogP contribution in [0.3, 0.4) is 0 Å². The van der Waals surface area contributed by atoms with E-state index in [1.54, 1.807) is 0 Å². The lowest BCUT2D eigenvalue weighted by Crippen LogP contribution is -2.47. The lowest BCUT2D eigenvalue weighted by atomic mass is 9.84. The molecule has 0 aromatic heterocycles. The minimum atomic E-state index is -4.57. The van der Waals surface area contributed by atoms with E-state index in [4.69, 9.17) is 10.4 Å². The molecule has 2 fully saturated rings. The molecule has 0 heterocycles. The van der Waals surface area contributed by atoms with Crippen LogP contribution in [0.5, 0.6) is 0 Å². The van der Waals surface area contributed by atoms with Crippen LogP contribution in [0.25, 0.3) is 0 Å². The van der Waals surface area contributed by atoms with Gasteiger partial charge in [-0.1, -0.05) is 0 Å². The van der Waals surface area contributed by atoms with Crippen molar-refractivity contribution < 1.29 is 23.1 Å². The van der Waals surface area contributed by atoms with Gasteiger partial charge in [-0.3, -0.25) is 4.79 Å². The summed E-state index contributed by atoms with van der Waals surface area (Å²) in [6.45, 7) is -0.530. The fraction of sp³-hybridized carbons (Fsp3) is 0.833. The van der Waals surface area contributed by atoms with Crippen LogP contribution in [0, 0.1) is 35.0 Å². The second-order valence-corrected chi connectivity index (χ2v) is 5.35. The third-order valence-electron chi connectivity index (χ3n) is 4.31. The Morgan fingerprint density at radius 2 is 2.05 bits per heavy atom. The van der Waals surface area contributed by atoms with E-state index < -0.39 is 36.6 Å². The average molecular weight is 276 g/mol. The first-order chi connectivity index (χ1) is 8.84. The summed E-state index contributed by atoms with van der Waals surface area (Å²) in [6.07, 6.45) is -2.12. The van der Waals surface area contributed by atoms with E-state index in [0.29, 0.717) is 0 Å². The van der Waals surface area contributed by atoms with E-state index in [9.17, 15) is 18.0 Å². The first-order valence-electron chi connectivity index (χ1n) is 6.27. The maximum Gasteiger partial charge on any atom is 0.405 e. The summed E-state index contributed by atoms with van der Waals surface area (Å²) >= 11 is 0. The van der Waals surface area contributed by atoms with E-state index in [1.807, 2.05) is 0 Å². The largest absolute Gasteiger partial charge is 0.481 e. The summed E-state index contributed by atoms with van der Waals surface area (Å²) in [6, 6.07) is 0.783. The van der Waals surface area contributed by atoms with E-state index >= 15 is 0 Å². The second kappa shape index (κ2) is 5.00. The number of nitriles is 1. The number of hydrogen-bond acceptors (Lipinski definition) is 3. The van der Waals surface area contributed by atoms with Gasteiger partial charge in [-0.2, -0.15) is 18.4 Å². The quantitative estimate of drug-likeness (QED) is 0.821. The van der Waals surface area contributed by atoms with Crippen molar-refractivity contribution in [2.24, 2.45) is 23.7 Å². The van der Waals surface area contributed by atoms with Gasteiger partial charge in [0.15, 0.2) is 5.92 Å². The van der Waals surface area contributed by atoms with Crippen molar-refractivity contribution in [3.8, 4) is 6.07 Å². The summed E-state index contributed by atoms with van der Waals surface area (Å²) in [7, 11) is 0. The number of carboxylic acid groups (broad SMARTS) is 1. The van der Waals surface area contributed by atoms with E-state index in [-0.39, 0.29) is 11.8 Å². The molecule has 2 N–H and O–H groups in total. The van der Waals surface area contributed by atoms with Crippen LogP contribution in [-0.2, 0) is 4.79 Å². The maximum absolute atomic E-state index is 12.5. The van der Waals surface area contributed by atoms with Crippen LogP contribution in [0.15, 0.2) is 0 Å². The Labute approximate surface area is 108 Å². The van der Waals surface area contributed by atoms with Crippen molar-refractivity contribution in [3.05, 3.63) is 0 Å². The molecule has 4 nitrogen and oxygen atoms in total. The topological polar surface area (TPSA) is 73.1 Å². The highest BCUT2D eigenvalue weighted by Gasteiger charge is 2.51. The Bertz CT molecular complexity index is 405. The lowest BCUT2D eigenvalue weighted by Gasteiger charge is -2.30. The standard InChI is InChI=1S/C12H15F3N2O2/c13-12(14,15)8(4-16)5-17-10-7-2-1-6(3-7)9(10)11(18)19/h6-10,17H,1-3,5H2,(H,18,19). The molecule has 0 aliphatic heterocycles. The number of alkyl halides is 3. The molecule has 0 aromatic rings. The summed E-state index contributed by atoms with van der Waals surface area (Å²) in [5.41, 5.74) is 0. The maximum atomic E-state index is 12.5. The van der Waals surface area contributed by atoms with Crippen LogP contribution >= 0.6 is 0 Å². The van der Waals surface area contributed by atoms with E-state index in [0.717, 1.165) is 19.3 Å². The summed E-state index contributed by atoms with van der Waals surface area (Å²) in [5, 5.41) is 20.4. The Balaban J connectivity index is 1.99. The molecule has 0 saturated heterocycles. The molecule has 2 rings (SSSR count). The molecule has 0 spiro atoms. The zero-order valence-electron chi connectivity index (χ0n) is 10.2. The molecular formula is C12H15F3N2O2. The van der Waals surface area contributed by atoms with Crippen molar-refractivity contribution in [1.82, 2.24) is 5.32 Å². The smallest absolute Gasteiger partial charge is 0.405 e. The predicted octanol–water partition coefficient (Wildman–Crippen LogP) is 1.78. The zero-order chi connectivity index (χ0) is 14.2. The molecule has 0 aromatic carbocycles. The number of carbonyl (C=O) groups is 1. The molecule has 5 atom stereocenters. The van der Waals surface area contributed by atoms with Crippen molar-refractivity contribution in [3.63, 3.8) is 0 Å². The van der Waals surface area contributed by atoms with Crippen molar-refractivity contribution in [2.45, 2.75) is 31.5 Å². The minimum Gasteiger partial charge on any atom is -0.481 e. The number of carboxylic acids is 1. The number of hydrogen-bond donors (Lipinski definition) is 2. The van der Waals surface area contributed by atoms with Gasteiger partial charge in [0.1, 0.15) is 0 Å². The van der Waals surface area contributed by atoms with Gasteiger partial charge in [0, 0.05) is 12.6 Å². The normalized spacial score (nSPS) is 35.1. The number of aliphatic carboxylic acids is 1. The monoisotopic (exact) mass is 276 g/mol. The van der Waals surface area contributed by atoms with Crippen LogP contribution in [0.2, 0.25) is 0 Å². The number of rotatable bonds is 4. The van der Waals surface area contributed by atoms with Crippen molar-refractivity contribution >= 4 is 5.97 Å². The highest BCUT2D eigenvalue weighted by Crippen LogP contribution is 2.48. The third-order valence-corrected chi connectivity index (χ3v) is 4.31. The fourth-order valence-corrected chi connectivity index (χ4v) is 3.43. The number of nitrogens with zero attached hydrogens (tertiary/aromatic N) is 1. The molecule has 2 bridgehead atoms. The van der Waals surface area contributed by atoms with E-state index in [1.165, 1.54) is 6.07 Å². The fourth-order valence-electron chi connectivity index (χ4n) is 3.43. The average Bonchev–Trinajstić information content (AvgIpc) is 2.87. The summed E-state index contributed by atoms with van der Waals surface area (Å²) in [4.78, 5) is 11.2. The van der Waals surface area contributed by atoms with Crippen LogP contribution in [0.4, 0.5) is 13.2 Å². The molecule has 7 heteroatoms. The Hall–Kier alpha value is -1.29. The number of nitrogens with one attached hydrogen (secondary N) is 1. The number of halogens is 3. The molecular weight excluding hydrogens is 261 g/mol. The SMILES string of the molecule is N#CC(CNC1C2CCC(C2)C1C(=O)O)C(F)(F)F. The van der Waals surface area contributed by atoms with E-state index in [2.05, 4.69) is 5.32 Å². The second-order valence-electron chi connectivity index (χ2n) is 5.35. The Morgan fingerprint density at radius 3 is 2.58 bits per heavy atom. The molecule has 106 valence electrons. The molecule has 5 unspecified atom stereocenters. The van der Waals surface area contributed by atoms with Gasteiger partial charge in [-0.25, -0.2) is 0 Å². The van der Waals surface area contributed by atoms with Gasteiger partial charge in [-0.15, -0.1) is 0 Å². The highest BCUT2D eigenvalue weighted by atomic mass is 19.4. The van der Waals surface area contributed by atoms with Gasteiger partial charge < -0.3 is 10.4 Å². The zero-order valence-corrected chi connectivity index (χ0v) is 10.2. The highest BCUT2D eigenvalue weighted by molar-refractivity contribution is 5.72. The molecule has 2 aliphatic carbocycles. The molecule has 2 aliphatic rings. The van der Waals surface area contributed by atoms with Gasteiger partial charge in [0.2, 0.25) is 0 Å². The summed E-state index contributed by atoms with van der Waals surface area (Å²) < 4.78 is 37.4. The van der Waals surface area contributed by atoms with Gasteiger partial charge in [0.05, 0.1) is 12.0 Å². The van der Waals surface area contributed by atoms with Crippen LogP contribution in [-0.4, -0.2) is 29.8 Å². The minimum absolute atomic E-state index is 0.0615. The van der Waals surface area contributed by atoms with Crippen LogP contribution < -0.4 is 5.32 Å².